The first-order chi connectivity index (χ1) is 11.6. The predicted molar refractivity (Wildman–Crippen MR) is 89.4 cm³/mol. The van der Waals surface area contributed by atoms with E-state index in [4.69, 9.17) is 9.47 Å². The van der Waals surface area contributed by atoms with Gasteiger partial charge < -0.3 is 14.5 Å². The van der Waals surface area contributed by atoms with Crippen LogP contribution < -0.4 is 9.47 Å². The number of methoxy groups -OCH3 is 2. The largest absolute Gasteiger partial charge is 0.496 e. The molecule has 0 aliphatic heterocycles. The third kappa shape index (κ3) is 1.75. The predicted octanol–water partition coefficient (Wildman–Crippen LogP) is 3.27. The Morgan fingerprint density at radius 2 is 1.67 bits per heavy atom. The molecule has 0 radical (unpaired) electrons. The number of benzene rings is 2. The standard InChI is InChI=1S/C19H15NO4/c1-9-7-11-15(13(8-9)24-3)16-17(20-11)18(21)10-5-4-6-12(23-2)14(10)19(16)22/h4-8,20H,1-3H3. The van der Waals surface area contributed by atoms with Gasteiger partial charge in [0, 0.05) is 5.56 Å². The Hall–Kier alpha value is -3.08. The lowest BCUT2D eigenvalue weighted by Gasteiger charge is -2.17. The highest BCUT2D eigenvalue weighted by atomic mass is 16.5. The van der Waals surface area contributed by atoms with Gasteiger partial charge in [-0.15, -0.1) is 0 Å². The maximum Gasteiger partial charge on any atom is 0.210 e. The second-order valence-electron chi connectivity index (χ2n) is 5.81. The van der Waals surface area contributed by atoms with Gasteiger partial charge in [-0.05, 0) is 36.8 Å². The molecule has 0 spiro atoms. The molecule has 1 aliphatic rings. The van der Waals surface area contributed by atoms with E-state index < -0.39 is 0 Å². The van der Waals surface area contributed by atoms with Crippen LogP contribution >= 0.6 is 0 Å². The molecule has 0 saturated heterocycles. The summed E-state index contributed by atoms with van der Waals surface area (Å²) >= 11 is 0. The van der Waals surface area contributed by atoms with Crippen LogP contribution in [-0.2, 0) is 0 Å². The summed E-state index contributed by atoms with van der Waals surface area (Å²) in [6.45, 7) is 1.93. The molecular weight excluding hydrogens is 306 g/mol. The van der Waals surface area contributed by atoms with E-state index in [2.05, 4.69) is 4.98 Å². The lowest BCUT2D eigenvalue weighted by atomic mass is 9.86. The number of ketones is 2. The number of hydrogen-bond acceptors (Lipinski definition) is 4. The van der Waals surface area contributed by atoms with Crippen LogP contribution in [0.3, 0.4) is 0 Å². The number of H-pyrrole nitrogens is 1. The third-order valence-corrected chi connectivity index (χ3v) is 4.40. The van der Waals surface area contributed by atoms with Gasteiger partial charge >= 0.3 is 0 Å². The fourth-order valence-corrected chi connectivity index (χ4v) is 3.37. The first kappa shape index (κ1) is 14.5. The monoisotopic (exact) mass is 321 g/mol. The SMILES string of the molecule is COc1cccc2c1C(=O)c1c([nH]c3cc(C)cc(OC)c13)C2=O. The van der Waals surface area contributed by atoms with Crippen molar-refractivity contribution in [1.29, 1.82) is 0 Å². The van der Waals surface area contributed by atoms with Crippen LogP contribution in [0, 0.1) is 6.92 Å². The molecule has 1 aromatic heterocycles. The number of rotatable bonds is 2. The Morgan fingerprint density at radius 1 is 0.917 bits per heavy atom. The van der Waals surface area contributed by atoms with Crippen molar-refractivity contribution in [2.75, 3.05) is 14.2 Å². The topological polar surface area (TPSA) is 68.4 Å². The van der Waals surface area contributed by atoms with E-state index in [1.807, 2.05) is 19.1 Å². The zero-order valence-electron chi connectivity index (χ0n) is 13.5. The minimum absolute atomic E-state index is 0.214. The molecule has 5 heteroatoms. The van der Waals surface area contributed by atoms with Crippen molar-refractivity contribution in [1.82, 2.24) is 4.98 Å². The Morgan fingerprint density at radius 3 is 2.38 bits per heavy atom. The first-order valence-electron chi connectivity index (χ1n) is 7.53. The summed E-state index contributed by atoms with van der Waals surface area (Å²) in [5.74, 6) is 0.527. The van der Waals surface area contributed by atoms with Crippen LogP contribution in [-0.4, -0.2) is 30.8 Å². The van der Waals surface area contributed by atoms with Gasteiger partial charge in [-0.25, -0.2) is 0 Å². The van der Waals surface area contributed by atoms with E-state index in [9.17, 15) is 9.59 Å². The van der Waals surface area contributed by atoms with Gasteiger partial charge in [0.2, 0.25) is 11.6 Å². The van der Waals surface area contributed by atoms with Gasteiger partial charge in [0.05, 0.1) is 41.9 Å². The number of carbonyl (C=O) groups is 2. The van der Waals surface area contributed by atoms with E-state index in [-0.39, 0.29) is 11.6 Å². The molecule has 5 nitrogen and oxygen atoms in total. The van der Waals surface area contributed by atoms with Crippen molar-refractivity contribution in [3.05, 3.63) is 58.3 Å². The van der Waals surface area contributed by atoms with Crippen molar-refractivity contribution in [2.24, 2.45) is 0 Å². The van der Waals surface area contributed by atoms with Crippen molar-refractivity contribution >= 4 is 22.5 Å². The molecule has 0 bridgehead atoms. The summed E-state index contributed by atoms with van der Waals surface area (Å²) in [5.41, 5.74) is 3.01. The summed E-state index contributed by atoms with van der Waals surface area (Å²) in [7, 11) is 3.04. The lowest BCUT2D eigenvalue weighted by molar-refractivity contribution is 0.0975. The summed E-state index contributed by atoms with van der Waals surface area (Å²) in [5, 5.41) is 0.632. The van der Waals surface area contributed by atoms with Crippen LogP contribution in [0.4, 0.5) is 0 Å². The van der Waals surface area contributed by atoms with Crippen molar-refractivity contribution in [2.45, 2.75) is 6.92 Å². The van der Waals surface area contributed by atoms with Crippen LogP contribution in [0.5, 0.6) is 11.5 Å². The molecule has 0 fully saturated rings. The number of aromatic nitrogens is 1. The number of ether oxygens (including phenoxy) is 2. The smallest absolute Gasteiger partial charge is 0.210 e. The zero-order chi connectivity index (χ0) is 17.0. The number of aryl methyl sites for hydroxylation is 1. The number of aromatic amines is 1. The van der Waals surface area contributed by atoms with E-state index in [0.717, 1.165) is 5.56 Å². The second kappa shape index (κ2) is 4.96. The Bertz CT molecular complexity index is 1030. The molecule has 0 amide bonds. The van der Waals surface area contributed by atoms with Gasteiger partial charge in [0.1, 0.15) is 11.5 Å². The highest BCUT2D eigenvalue weighted by Crippen LogP contribution is 2.40. The molecule has 3 aromatic rings. The Labute approximate surface area is 138 Å². The molecule has 4 rings (SSSR count). The molecule has 24 heavy (non-hydrogen) atoms. The summed E-state index contributed by atoms with van der Waals surface area (Å²) < 4.78 is 10.7. The molecule has 1 N–H and O–H groups in total. The number of carbonyl (C=O) groups excluding carboxylic acids is 2. The Balaban J connectivity index is 2.11. The van der Waals surface area contributed by atoms with Crippen molar-refractivity contribution in [3.63, 3.8) is 0 Å². The highest BCUT2D eigenvalue weighted by molar-refractivity contribution is 6.33. The van der Waals surface area contributed by atoms with Crippen LogP contribution in [0.15, 0.2) is 30.3 Å². The normalized spacial score (nSPS) is 13.0. The zero-order valence-corrected chi connectivity index (χ0v) is 13.5. The van der Waals surface area contributed by atoms with Gasteiger partial charge in [-0.1, -0.05) is 6.07 Å². The molecule has 0 saturated carbocycles. The molecule has 0 atom stereocenters. The molecule has 120 valence electrons. The average Bonchev–Trinajstić information content (AvgIpc) is 2.97. The molecular formula is C19H15NO4. The first-order valence-corrected chi connectivity index (χ1v) is 7.53. The summed E-state index contributed by atoms with van der Waals surface area (Å²) in [6.07, 6.45) is 0. The van der Waals surface area contributed by atoms with Gasteiger partial charge in [-0.2, -0.15) is 0 Å². The van der Waals surface area contributed by atoms with E-state index in [1.165, 1.54) is 7.11 Å². The van der Waals surface area contributed by atoms with Crippen LogP contribution in [0.2, 0.25) is 0 Å². The van der Waals surface area contributed by atoms with Crippen molar-refractivity contribution < 1.29 is 19.1 Å². The molecule has 1 heterocycles. The molecule has 2 aromatic carbocycles. The Kier molecular flexibility index (Phi) is 3.00. The summed E-state index contributed by atoms with van der Waals surface area (Å²) in [6, 6.07) is 8.80. The fourth-order valence-electron chi connectivity index (χ4n) is 3.37. The number of hydrogen-bond donors (Lipinski definition) is 1. The van der Waals surface area contributed by atoms with Gasteiger partial charge in [0.25, 0.3) is 0 Å². The van der Waals surface area contributed by atoms with E-state index >= 15 is 0 Å². The maximum absolute atomic E-state index is 13.2. The highest BCUT2D eigenvalue weighted by Gasteiger charge is 2.36. The van der Waals surface area contributed by atoms with Crippen LogP contribution in [0.25, 0.3) is 10.9 Å². The number of fused-ring (bicyclic) bond motifs is 4. The van der Waals surface area contributed by atoms with E-state index in [0.29, 0.717) is 44.8 Å². The van der Waals surface area contributed by atoms with Gasteiger partial charge in [-0.3, -0.25) is 9.59 Å². The second-order valence-corrected chi connectivity index (χ2v) is 5.81. The maximum atomic E-state index is 13.2. The van der Waals surface area contributed by atoms with Crippen LogP contribution in [0.1, 0.15) is 37.5 Å². The van der Waals surface area contributed by atoms with Crippen molar-refractivity contribution in [3.8, 4) is 11.5 Å². The quantitative estimate of drug-likeness (QED) is 0.615. The van der Waals surface area contributed by atoms with Gasteiger partial charge in [0.15, 0.2) is 0 Å². The summed E-state index contributed by atoms with van der Waals surface area (Å²) in [4.78, 5) is 29.1. The molecule has 1 aliphatic carbocycles. The third-order valence-electron chi connectivity index (χ3n) is 4.40. The fraction of sp³-hybridized carbons (Fsp3) is 0.158. The molecule has 0 unspecified atom stereocenters. The minimum Gasteiger partial charge on any atom is -0.496 e. The minimum atomic E-state index is -0.231. The average molecular weight is 321 g/mol. The lowest BCUT2D eigenvalue weighted by Crippen LogP contribution is -2.21. The van der Waals surface area contributed by atoms with E-state index in [1.54, 1.807) is 25.3 Å². The number of nitrogens with one attached hydrogen (secondary N) is 1.